The minimum absolute atomic E-state index is 0.513. The van der Waals surface area contributed by atoms with Crippen LogP contribution in [0.2, 0.25) is 10.0 Å². The normalized spacial score (nSPS) is 11.1. The van der Waals surface area contributed by atoms with Crippen molar-refractivity contribution in [2.45, 2.75) is 10.6 Å². The lowest BCUT2D eigenvalue weighted by Gasteiger charge is -2.03. The Labute approximate surface area is 122 Å². The van der Waals surface area contributed by atoms with Crippen LogP contribution in [0.4, 0.5) is 0 Å². The lowest BCUT2D eigenvalue weighted by atomic mass is 10.2. The van der Waals surface area contributed by atoms with E-state index in [1.54, 1.807) is 24.0 Å². The Hall–Kier alpha value is -1.37. The number of rotatable bonds is 3. The lowest BCUT2D eigenvalue weighted by molar-refractivity contribution is 0.946. The van der Waals surface area contributed by atoms with E-state index in [1.165, 1.54) is 0 Å². The molecule has 0 spiro atoms. The van der Waals surface area contributed by atoms with Crippen molar-refractivity contribution in [3.63, 3.8) is 0 Å². The highest BCUT2D eigenvalue weighted by atomic mass is 35.5. The molecule has 3 aromatic rings. The number of H-pyrrole nitrogens is 1. The Morgan fingerprint density at radius 2 is 2.05 bits per heavy atom. The highest BCUT2D eigenvalue weighted by Gasteiger charge is 2.08. The topological polar surface area (TPSA) is 67.3 Å². The average molecular weight is 312 g/mol. The lowest BCUT2D eigenvalue weighted by Crippen LogP contribution is -1.87. The van der Waals surface area contributed by atoms with Crippen LogP contribution in [0.15, 0.2) is 29.3 Å². The number of nitrogens with one attached hydrogen (secondary N) is 1. The first-order valence-corrected chi connectivity index (χ1v) is 7.07. The average Bonchev–Trinajstić information content (AvgIpc) is 2.89. The zero-order valence-electron chi connectivity index (χ0n) is 9.47. The van der Waals surface area contributed by atoms with Crippen LogP contribution in [-0.4, -0.2) is 25.6 Å². The predicted octanol–water partition coefficient (Wildman–Crippen LogP) is 3.35. The summed E-state index contributed by atoms with van der Waals surface area (Å²) < 4.78 is 0. The van der Waals surface area contributed by atoms with Gasteiger partial charge in [0.1, 0.15) is 5.52 Å². The molecule has 0 bridgehead atoms. The Kier molecular flexibility index (Phi) is 3.54. The third-order valence-electron chi connectivity index (χ3n) is 2.47. The van der Waals surface area contributed by atoms with Gasteiger partial charge >= 0.3 is 0 Å². The van der Waals surface area contributed by atoms with Gasteiger partial charge in [-0.3, -0.25) is 0 Å². The van der Waals surface area contributed by atoms with Gasteiger partial charge in [0.25, 0.3) is 0 Å². The molecule has 5 nitrogen and oxygen atoms in total. The van der Waals surface area contributed by atoms with Crippen molar-refractivity contribution in [2.24, 2.45) is 0 Å². The molecule has 96 valence electrons. The standard InChI is InChI=1S/C11H7Cl2N5S/c12-7-2-1-6(3-8(7)13)5-19-9-4-14-16-11-10(9)15-18-17-11/h1-4H,5H2,(H,15,16,17,18). The number of nitrogens with zero attached hydrogens (tertiary/aromatic N) is 4. The van der Waals surface area contributed by atoms with Crippen LogP contribution in [0, 0.1) is 0 Å². The van der Waals surface area contributed by atoms with E-state index in [4.69, 9.17) is 23.2 Å². The highest BCUT2D eigenvalue weighted by molar-refractivity contribution is 7.98. The van der Waals surface area contributed by atoms with Crippen molar-refractivity contribution in [3.8, 4) is 0 Å². The zero-order valence-corrected chi connectivity index (χ0v) is 11.8. The van der Waals surface area contributed by atoms with Gasteiger partial charge in [-0.05, 0) is 17.7 Å². The van der Waals surface area contributed by atoms with Crippen LogP contribution in [0.3, 0.4) is 0 Å². The van der Waals surface area contributed by atoms with E-state index in [9.17, 15) is 0 Å². The van der Waals surface area contributed by atoms with Gasteiger partial charge in [-0.15, -0.1) is 22.0 Å². The van der Waals surface area contributed by atoms with E-state index in [0.29, 0.717) is 15.7 Å². The van der Waals surface area contributed by atoms with E-state index >= 15 is 0 Å². The Balaban J connectivity index is 1.82. The Morgan fingerprint density at radius 1 is 1.16 bits per heavy atom. The molecule has 0 atom stereocenters. The van der Waals surface area contributed by atoms with Gasteiger partial charge in [0, 0.05) is 5.75 Å². The first-order valence-electron chi connectivity index (χ1n) is 5.33. The van der Waals surface area contributed by atoms with Gasteiger partial charge in [-0.1, -0.05) is 29.3 Å². The molecular weight excluding hydrogens is 305 g/mol. The van der Waals surface area contributed by atoms with Gasteiger partial charge in [-0.2, -0.15) is 15.4 Å². The number of hydrogen-bond acceptors (Lipinski definition) is 5. The molecule has 8 heteroatoms. The number of halogens is 2. The summed E-state index contributed by atoms with van der Waals surface area (Å²) in [6.45, 7) is 0. The van der Waals surface area contributed by atoms with Crippen LogP contribution in [0.1, 0.15) is 5.56 Å². The molecule has 0 unspecified atom stereocenters. The van der Waals surface area contributed by atoms with Crippen molar-refractivity contribution in [1.82, 2.24) is 25.6 Å². The van der Waals surface area contributed by atoms with Crippen LogP contribution < -0.4 is 0 Å². The van der Waals surface area contributed by atoms with Gasteiger partial charge in [0.05, 0.1) is 21.1 Å². The molecule has 2 aromatic heterocycles. The maximum Gasteiger partial charge on any atom is 0.224 e. The van der Waals surface area contributed by atoms with Crippen LogP contribution in [0.5, 0.6) is 0 Å². The van der Waals surface area contributed by atoms with E-state index in [0.717, 1.165) is 21.7 Å². The Morgan fingerprint density at radius 3 is 2.89 bits per heavy atom. The number of hydrogen-bond donors (Lipinski definition) is 1. The van der Waals surface area contributed by atoms with E-state index in [-0.39, 0.29) is 0 Å². The molecule has 1 N–H and O–H groups in total. The summed E-state index contributed by atoms with van der Waals surface area (Å²) in [4.78, 5) is 0.921. The third kappa shape index (κ3) is 2.65. The molecule has 0 aliphatic rings. The molecule has 0 amide bonds. The summed E-state index contributed by atoms with van der Waals surface area (Å²) in [5, 5.41) is 19.4. The fourth-order valence-electron chi connectivity index (χ4n) is 1.55. The van der Waals surface area contributed by atoms with E-state index < -0.39 is 0 Å². The van der Waals surface area contributed by atoms with Crippen LogP contribution in [-0.2, 0) is 5.75 Å². The van der Waals surface area contributed by atoms with Gasteiger partial charge in [-0.25, -0.2) is 0 Å². The largest absolute Gasteiger partial charge is 0.224 e. The van der Waals surface area contributed by atoms with E-state index in [2.05, 4.69) is 25.6 Å². The minimum atomic E-state index is 0.513. The molecule has 0 aliphatic carbocycles. The number of fused-ring (bicyclic) bond motifs is 1. The molecule has 1 aromatic carbocycles. The fraction of sp³-hybridized carbons (Fsp3) is 0.0909. The summed E-state index contributed by atoms with van der Waals surface area (Å²) in [7, 11) is 0. The summed E-state index contributed by atoms with van der Waals surface area (Å²) in [6.07, 6.45) is 1.67. The minimum Gasteiger partial charge on any atom is -0.195 e. The summed E-state index contributed by atoms with van der Waals surface area (Å²) in [5.74, 6) is 0.741. The SMILES string of the molecule is Clc1ccc(CSc2cnnc3n[nH]nc23)cc1Cl. The first-order chi connectivity index (χ1) is 9.24. The van der Waals surface area contributed by atoms with Gasteiger partial charge in [0.2, 0.25) is 5.65 Å². The number of aromatic nitrogens is 5. The molecule has 19 heavy (non-hydrogen) atoms. The molecule has 3 rings (SSSR count). The fourth-order valence-corrected chi connectivity index (χ4v) is 2.77. The molecule has 0 saturated heterocycles. The van der Waals surface area contributed by atoms with Crippen molar-refractivity contribution in [2.75, 3.05) is 0 Å². The molecule has 0 saturated carbocycles. The van der Waals surface area contributed by atoms with Crippen molar-refractivity contribution < 1.29 is 0 Å². The molecule has 0 fully saturated rings. The first kappa shape index (κ1) is 12.7. The van der Waals surface area contributed by atoms with Gasteiger partial charge in [0.15, 0.2) is 0 Å². The Bertz CT molecular complexity index is 730. The summed E-state index contributed by atoms with van der Waals surface area (Å²) in [6, 6.07) is 5.58. The zero-order chi connectivity index (χ0) is 13.2. The summed E-state index contributed by atoms with van der Waals surface area (Å²) >= 11 is 13.5. The summed E-state index contributed by atoms with van der Waals surface area (Å²) in [5.41, 5.74) is 2.31. The van der Waals surface area contributed by atoms with Crippen LogP contribution in [0.25, 0.3) is 11.2 Å². The molecule has 2 heterocycles. The molecule has 0 aliphatic heterocycles. The smallest absolute Gasteiger partial charge is 0.195 e. The molecular formula is C11H7Cl2N5S. The quantitative estimate of drug-likeness (QED) is 0.751. The highest BCUT2D eigenvalue weighted by Crippen LogP contribution is 2.29. The second-order valence-electron chi connectivity index (χ2n) is 3.74. The number of benzene rings is 1. The van der Waals surface area contributed by atoms with Crippen LogP contribution >= 0.6 is 35.0 Å². The maximum absolute atomic E-state index is 5.98. The second-order valence-corrected chi connectivity index (χ2v) is 5.57. The van der Waals surface area contributed by atoms with Gasteiger partial charge < -0.3 is 0 Å². The monoisotopic (exact) mass is 311 g/mol. The number of aromatic amines is 1. The van der Waals surface area contributed by atoms with Crippen molar-refractivity contribution in [3.05, 3.63) is 40.0 Å². The van der Waals surface area contributed by atoms with Crippen molar-refractivity contribution >= 4 is 46.1 Å². The third-order valence-corrected chi connectivity index (χ3v) is 4.30. The number of thioether (sulfide) groups is 1. The second kappa shape index (κ2) is 5.32. The predicted molar refractivity (Wildman–Crippen MR) is 75.5 cm³/mol. The molecule has 0 radical (unpaired) electrons. The van der Waals surface area contributed by atoms with Crippen molar-refractivity contribution in [1.29, 1.82) is 0 Å². The maximum atomic E-state index is 5.98. The van der Waals surface area contributed by atoms with E-state index in [1.807, 2.05) is 12.1 Å².